The van der Waals surface area contributed by atoms with Gasteiger partial charge in [-0.1, -0.05) is 12.1 Å². The molecule has 6 nitrogen and oxygen atoms in total. The normalized spacial score (nSPS) is 17.4. The highest BCUT2D eigenvalue weighted by Gasteiger charge is 2.24. The number of nitrogens with zero attached hydrogens (tertiary/aromatic N) is 2. The fourth-order valence-corrected chi connectivity index (χ4v) is 2.82. The van der Waals surface area contributed by atoms with Crippen LogP contribution in [0.4, 0.5) is 10.5 Å². The molecule has 0 saturated carbocycles. The summed E-state index contributed by atoms with van der Waals surface area (Å²) in [5, 5.41) is 12.3. The van der Waals surface area contributed by atoms with Crippen LogP contribution in [0.3, 0.4) is 0 Å². The molecule has 1 aromatic heterocycles. The maximum Gasteiger partial charge on any atom is 0.321 e. The summed E-state index contributed by atoms with van der Waals surface area (Å²) in [6, 6.07) is 14.8. The summed E-state index contributed by atoms with van der Waals surface area (Å²) in [5.74, 6) is 0.553. The number of oxazole rings is 1. The average Bonchev–Trinajstić information content (AvgIpc) is 3.21. The molecule has 1 aliphatic heterocycles. The Hall–Kier alpha value is -2.86. The minimum Gasteiger partial charge on any atom is -0.436 e. The summed E-state index contributed by atoms with van der Waals surface area (Å²) in [4.78, 5) is 18.2. The smallest absolute Gasteiger partial charge is 0.321 e. The van der Waals surface area contributed by atoms with Crippen LogP contribution in [0, 0.1) is 0 Å². The number of hydrogen-bond acceptors (Lipinski definition) is 4. The first-order chi connectivity index (χ1) is 11.7. The molecular formula is C18H17N3O3. The molecule has 0 unspecified atom stereocenters. The zero-order valence-electron chi connectivity index (χ0n) is 13.0. The number of carbonyl (C=O) groups is 1. The molecule has 0 bridgehead atoms. The fourth-order valence-electron chi connectivity index (χ4n) is 2.82. The Kier molecular flexibility index (Phi) is 3.66. The minimum atomic E-state index is -0.419. The lowest BCUT2D eigenvalue weighted by Crippen LogP contribution is -2.33. The van der Waals surface area contributed by atoms with Gasteiger partial charge in [0.25, 0.3) is 0 Å². The number of urea groups is 1. The van der Waals surface area contributed by atoms with Gasteiger partial charge in [0, 0.05) is 24.3 Å². The van der Waals surface area contributed by atoms with Crippen molar-refractivity contribution < 1.29 is 14.3 Å². The SMILES string of the molecule is O=C(Nc1ccc(-c2nc3ccccc3o2)cc1)N1CC[C@H](O)C1. The molecule has 1 atom stereocenters. The van der Waals surface area contributed by atoms with Crippen LogP contribution in [-0.2, 0) is 0 Å². The van der Waals surface area contributed by atoms with Gasteiger partial charge in [-0.05, 0) is 42.8 Å². The molecule has 2 N–H and O–H groups in total. The van der Waals surface area contributed by atoms with Crippen LogP contribution >= 0.6 is 0 Å². The van der Waals surface area contributed by atoms with Crippen molar-refractivity contribution in [2.24, 2.45) is 0 Å². The van der Waals surface area contributed by atoms with Gasteiger partial charge in [-0.2, -0.15) is 0 Å². The summed E-state index contributed by atoms with van der Waals surface area (Å²) in [7, 11) is 0. The van der Waals surface area contributed by atoms with E-state index in [2.05, 4.69) is 10.3 Å². The molecule has 2 amide bonds. The molecule has 2 aromatic carbocycles. The Morgan fingerprint density at radius 2 is 2.00 bits per heavy atom. The number of nitrogens with one attached hydrogen (secondary N) is 1. The third-order valence-corrected chi connectivity index (χ3v) is 4.13. The van der Waals surface area contributed by atoms with Crippen LogP contribution in [0.1, 0.15) is 6.42 Å². The summed E-state index contributed by atoms with van der Waals surface area (Å²) in [6.07, 6.45) is 0.210. The predicted molar refractivity (Wildman–Crippen MR) is 90.7 cm³/mol. The molecule has 1 fully saturated rings. The van der Waals surface area contributed by atoms with Gasteiger partial charge in [-0.3, -0.25) is 0 Å². The molecule has 2 heterocycles. The number of β-amino-alcohol motifs (C(OH)–C–C–N with tert-alkyl or cyclic N) is 1. The second kappa shape index (κ2) is 5.98. The van der Waals surface area contributed by atoms with Crippen molar-refractivity contribution in [3.8, 4) is 11.5 Å². The second-order valence-electron chi connectivity index (χ2n) is 5.88. The number of likely N-dealkylation sites (tertiary alicyclic amines) is 1. The maximum atomic E-state index is 12.1. The number of aromatic nitrogens is 1. The number of para-hydroxylation sites is 2. The number of anilines is 1. The first-order valence-electron chi connectivity index (χ1n) is 7.89. The first kappa shape index (κ1) is 14.7. The Morgan fingerprint density at radius 1 is 1.21 bits per heavy atom. The number of carbonyl (C=O) groups excluding carboxylic acids is 1. The van der Waals surface area contributed by atoms with E-state index in [1.54, 1.807) is 4.90 Å². The van der Waals surface area contributed by atoms with Crippen LogP contribution in [0.15, 0.2) is 52.9 Å². The van der Waals surface area contributed by atoms with E-state index in [0.717, 1.165) is 16.7 Å². The van der Waals surface area contributed by atoms with Gasteiger partial charge in [0.2, 0.25) is 5.89 Å². The highest BCUT2D eigenvalue weighted by atomic mass is 16.3. The van der Waals surface area contributed by atoms with E-state index in [-0.39, 0.29) is 6.03 Å². The summed E-state index contributed by atoms with van der Waals surface area (Å²) < 4.78 is 5.73. The fraction of sp³-hybridized carbons (Fsp3) is 0.222. The van der Waals surface area contributed by atoms with Crippen molar-refractivity contribution in [3.05, 3.63) is 48.5 Å². The Bertz CT molecular complexity index is 840. The molecule has 24 heavy (non-hydrogen) atoms. The molecule has 3 aromatic rings. The van der Waals surface area contributed by atoms with Gasteiger partial charge in [0.1, 0.15) is 5.52 Å². The molecular weight excluding hydrogens is 306 g/mol. The van der Waals surface area contributed by atoms with Crippen LogP contribution in [0.25, 0.3) is 22.6 Å². The van der Waals surface area contributed by atoms with E-state index >= 15 is 0 Å². The van der Waals surface area contributed by atoms with E-state index in [4.69, 9.17) is 4.42 Å². The number of aliphatic hydroxyl groups excluding tert-OH is 1. The average molecular weight is 323 g/mol. The number of amides is 2. The Morgan fingerprint density at radius 3 is 2.71 bits per heavy atom. The highest BCUT2D eigenvalue weighted by Crippen LogP contribution is 2.25. The van der Waals surface area contributed by atoms with Crippen LogP contribution in [0.2, 0.25) is 0 Å². The van der Waals surface area contributed by atoms with Gasteiger partial charge >= 0.3 is 6.03 Å². The molecule has 1 aliphatic rings. The molecule has 6 heteroatoms. The van der Waals surface area contributed by atoms with Crippen molar-refractivity contribution in [2.75, 3.05) is 18.4 Å². The molecule has 4 rings (SSSR count). The summed E-state index contributed by atoms with van der Waals surface area (Å²) in [5.41, 5.74) is 3.11. The van der Waals surface area contributed by atoms with Crippen LogP contribution < -0.4 is 5.32 Å². The highest BCUT2D eigenvalue weighted by molar-refractivity contribution is 5.89. The first-order valence-corrected chi connectivity index (χ1v) is 7.89. The zero-order valence-corrected chi connectivity index (χ0v) is 13.0. The van der Waals surface area contributed by atoms with Gasteiger partial charge in [0.15, 0.2) is 5.58 Å². The Labute approximate surface area is 138 Å². The third-order valence-electron chi connectivity index (χ3n) is 4.13. The molecule has 0 radical (unpaired) electrons. The van der Waals surface area contributed by atoms with Crippen molar-refractivity contribution in [3.63, 3.8) is 0 Å². The molecule has 1 saturated heterocycles. The molecule has 0 aliphatic carbocycles. The predicted octanol–water partition coefficient (Wildman–Crippen LogP) is 3.09. The second-order valence-corrected chi connectivity index (χ2v) is 5.88. The monoisotopic (exact) mass is 323 g/mol. The standard InChI is InChI=1S/C18H17N3O3/c22-14-9-10-21(11-14)18(23)19-13-7-5-12(6-8-13)17-20-15-3-1-2-4-16(15)24-17/h1-8,14,22H,9-11H2,(H,19,23)/t14-/m0/s1. The quantitative estimate of drug-likeness (QED) is 0.759. The minimum absolute atomic E-state index is 0.193. The van der Waals surface area contributed by atoms with E-state index < -0.39 is 6.10 Å². The lowest BCUT2D eigenvalue weighted by molar-refractivity contribution is 0.176. The van der Waals surface area contributed by atoms with E-state index in [1.807, 2.05) is 48.5 Å². The van der Waals surface area contributed by atoms with Crippen molar-refractivity contribution >= 4 is 22.8 Å². The van der Waals surface area contributed by atoms with Crippen LogP contribution in [0.5, 0.6) is 0 Å². The van der Waals surface area contributed by atoms with Gasteiger partial charge in [-0.15, -0.1) is 0 Å². The van der Waals surface area contributed by atoms with Gasteiger partial charge in [0.05, 0.1) is 6.10 Å². The number of benzene rings is 2. The van der Waals surface area contributed by atoms with Crippen molar-refractivity contribution in [1.29, 1.82) is 0 Å². The molecule has 122 valence electrons. The summed E-state index contributed by atoms with van der Waals surface area (Å²) >= 11 is 0. The van der Waals surface area contributed by atoms with E-state index in [0.29, 0.717) is 31.1 Å². The zero-order chi connectivity index (χ0) is 16.5. The van der Waals surface area contributed by atoms with Gasteiger partial charge < -0.3 is 19.7 Å². The Balaban J connectivity index is 1.49. The van der Waals surface area contributed by atoms with Crippen molar-refractivity contribution in [2.45, 2.75) is 12.5 Å². The summed E-state index contributed by atoms with van der Waals surface area (Å²) in [6.45, 7) is 0.959. The third kappa shape index (κ3) is 2.83. The lowest BCUT2D eigenvalue weighted by Gasteiger charge is -2.16. The van der Waals surface area contributed by atoms with Crippen LogP contribution in [-0.4, -0.2) is 40.2 Å². The maximum absolute atomic E-state index is 12.1. The van der Waals surface area contributed by atoms with E-state index in [1.165, 1.54) is 0 Å². The number of fused-ring (bicyclic) bond motifs is 1. The number of hydrogen-bond donors (Lipinski definition) is 2. The number of rotatable bonds is 2. The van der Waals surface area contributed by atoms with E-state index in [9.17, 15) is 9.90 Å². The lowest BCUT2D eigenvalue weighted by atomic mass is 10.2. The van der Waals surface area contributed by atoms with Gasteiger partial charge in [-0.25, -0.2) is 9.78 Å². The largest absolute Gasteiger partial charge is 0.436 e. The topological polar surface area (TPSA) is 78.6 Å². The number of aliphatic hydroxyl groups is 1. The molecule has 0 spiro atoms. The van der Waals surface area contributed by atoms with Crippen molar-refractivity contribution in [1.82, 2.24) is 9.88 Å².